The molecule has 3 nitrogen and oxygen atoms in total. The van der Waals surface area contributed by atoms with Crippen molar-refractivity contribution in [2.75, 3.05) is 0 Å². The summed E-state index contributed by atoms with van der Waals surface area (Å²) in [7, 11) is -6.24. The molecule has 0 aliphatic rings. The number of hydrogen-bond donors (Lipinski definition) is 0. The van der Waals surface area contributed by atoms with Gasteiger partial charge in [0.2, 0.25) is 0 Å². The topological polar surface area (TPSA) is 43.4 Å². The van der Waals surface area contributed by atoms with E-state index in [0.29, 0.717) is 12.8 Å². The van der Waals surface area contributed by atoms with Gasteiger partial charge in [0.1, 0.15) is 0 Å². The van der Waals surface area contributed by atoms with E-state index >= 15 is 0 Å². The molecule has 0 rings (SSSR count). The summed E-state index contributed by atoms with van der Waals surface area (Å²) in [6.45, 7) is 1.68. The van der Waals surface area contributed by atoms with Gasteiger partial charge in [0.05, 0.1) is 0 Å². The number of unbranched alkanes of at least 4 members (excludes halogenated alkanes) is 2. The average molecular weight is 302 g/mol. The van der Waals surface area contributed by atoms with E-state index in [-0.39, 0.29) is 6.42 Å². The van der Waals surface area contributed by atoms with Crippen molar-refractivity contribution in [2.24, 2.45) is 0 Å². The Bertz CT molecular complexity index is 345. The second-order valence-electron chi connectivity index (χ2n) is 3.52. The SMILES string of the molecule is CCCCCC(OS(=O)(=O)C(F)(F)F)C(F)(F)F. The van der Waals surface area contributed by atoms with E-state index in [4.69, 9.17) is 0 Å². The van der Waals surface area contributed by atoms with Crippen LogP contribution < -0.4 is 0 Å². The second-order valence-corrected chi connectivity index (χ2v) is 5.09. The van der Waals surface area contributed by atoms with E-state index in [1.807, 2.05) is 0 Å². The molecule has 0 heterocycles. The predicted octanol–water partition coefficient (Wildman–Crippen LogP) is 3.36. The van der Waals surface area contributed by atoms with Crippen molar-refractivity contribution >= 4 is 10.1 Å². The molecular formula is C8H12F6O3S. The molecule has 0 radical (unpaired) electrons. The van der Waals surface area contributed by atoms with Crippen LogP contribution in [-0.2, 0) is 14.3 Å². The van der Waals surface area contributed by atoms with Crippen LogP contribution in [0.25, 0.3) is 0 Å². The van der Waals surface area contributed by atoms with Gasteiger partial charge in [0, 0.05) is 0 Å². The summed E-state index contributed by atoms with van der Waals surface area (Å²) < 4.78 is 96.8. The van der Waals surface area contributed by atoms with E-state index in [9.17, 15) is 34.8 Å². The van der Waals surface area contributed by atoms with Crippen LogP contribution in [0.2, 0.25) is 0 Å². The molecule has 0 spiro atoms. The Morgan fingerprint density at radius 2 is 1.56 bits per heavy atom. The molecule has 0 aliphatic carbocycles. The van der Waals surface area contributed by atoms with Crippen molar-refractivity contribution < 1.29 is 38.9 Å². The molecule has 0 bridgehead atoms. The highest BCUT2D eigenvalue weighted by Gasteiger charge is 2.53. The third kappa shape index (κ3) is 5.42. The molecule has 0 aliphatic heterocycles. The van der Waals surface area contributed by atoms with Gasteiger partial charge in [-0.2, -0.15) is 34.8 Å². The molecule has 0 aromatic rings. The summed E-state index contributed by atoms with van der Waals surface area (Å²) in [6, 6.07) is 0. The first-order valence-electron chi connectivity index (χ1n) is 4.98. The molecule has 110 valence electrons. The van der Waals surface area contributed by atoms with Gasteiger partial charge in [0.25, 0.3) is 0 Å². The minimum absolute atomic E-state index is 0.0753. The number of hydrogen-bond acceptors (Lipinski definition) is 3. The van der Waals surface area contributed by atoms with Crippen LogP contribution in [0.4, 0.5) is 26.3 Å². The first kappa shape index (κ1) is 17.5. The molecule has 0 aromatic heterocycles. The van der Waals surface area contributed by atoms with Gasteiger partial charge in [-0.3, -0.25) is 4.18 Å². The minimum atomic E-state index is -6.24. The van der Waals surface area contributed by atoms with Crippen LogP contribution in [0.3, 0.4) is 0 Å². The summed E-state index contributed by atoms with van der Waals surface area (Å²) in [5, 5.41) is 0. The van der Waals surface area contributed by atoms with Crippen molar-refractivity contribution in [1.29, 1.82) is 0 Å². The number of halogens is 6. The van der Waals surface area contributed by atoms with Crippen LogP contribution in [0.5, 0.6) is 0 Å². The Kier molecular flexibility index (Phi) is 5.92. The van der Waals surface area contributed by atoms with Gasteiger partial charge in [-0.15, -0.1) is 0 Å². The maximum absolute atomic E-state index is 12.3. The van der Waals surface area contributed by atoms with Crippen LogP contribution in [0.15, 0.2) is 0 Å². The van der Waals surface area contributed by atoms with Crippen molar-refractivity contribution in [2.45, 2.75) is 50.4 Å². The molecule has 0 saturated heterocycles. The molecule has 1 unspecified atom stereocenters. The molecule has 0 amide bonds. The third-order valence-corrected chi connectivity index (χ3v) is 3.01. The lowest BCUT2D eigenvalue weighted by atomic mass is 10.1. The molecule has 0 aromatic carbocycles. The quantitative estimate of drug-likeness (QED) is 0.327. The van der Waals surface area contributed by atoms with Crippen LogP contribution in [0, 0.1) is 0 Å². The Labute approximate surface area is 100 Å². The lowest BCUT2D eigenvalue weighted by Crippen LogP contribution is -2.38. The van der Waals surface area contributed by atoms with E-state index in [1.54, 1.807) is 6.92 Å². The monoisotopic (exact) mass is 302 g/mol. The number of rotatable bonds is 6. The molecule has 0 N–H and O–H groups in total. The molecule has 1 atom stereocenters. The molecule has 10 heteroatoms. The van der Waals surface area contributed by atoms with E-state index < -0.39 is 34.3 Å². The number of alkyl halides is 6. The van der Waals surface area contributed by atoms with Crippen molar-refractivity contribution in [3.05, 3.63) is 0 Å². The maximum atomic E-state index is 12.3. The zero-order valence-corrected chi connectivity index (χ0v) is 10.1. The van der Waals surface area contributed by atoms with E-state index in [1.165, 1.54) is 0 Å². The fourth-order valence-electron chi connectivity index (χ4n) is 1.05. The fourth-order valence-corrected chi connectivity index (χ4v) is 1.67. The first-order chi connectivity index (χ1) is 7.92. The standard InChI is InChI=1S/C8H12F6O3S/c1-2-3-4-5-6(7(9,10)11)17-18(15,16)8(12,13)14/h6H,2-5H2,1H3. The van der Waals surface area contributed by atoms with Gasteiger partial charge in [-0.25, -0.2) is 0 Å². The van der Waals surface area contributed by atoms with E-state index in [2.05, 4.69) is 4.18 Å². The largest absolute Gasteiger partial charge is 0.523 e. The van der Waals surface area contributed by atoms with Crippen molar-refractivity contribution in [3.8, 4) is 0 Å². The summed E-state index contributed by atoms with van der Waals surface area (Å²) in [4.78, 5) is 0. The van der Waals surface area contributed by atoms with Crippen LogP contribution in [0.1, 0.15) is 32.6 Å². The molecule has 18 heavy (non-hydrogen) atoms. The van der Waals surface area contributed by atoms with Crippen LogP contribution in [-0.4, -0.2) is 26.2 Å². The third-order valence-electron chi connectivity index (χ3n) is 1.96. The van der Waals surface area contributed by atoms with Gasteiger partial charge >= 0.3 is 21.8 Å². The molecule has 0 fully saturated rings. The summed E-state index contributed by atoms with van der Waals surface area (Å²) in [6.07, 6.45) is -8.15. The van der Waals surface area contributed by atoms with Crippen molar-refractivity contribution in [1.82, 2.24) is 0 Å². The Balaban J connectivity index is 4.82. The summed E-state index contributed by atoms with van der Waals surface area (Å²) in [5.41, 5.74) is -5.86. The Morgan fingerprint density at radius 3 is 1.89 bits per heavy atom. The summed E-state index contributed by atoms with van der Waals surface area (Å²) in [5.74, 6) is 0. The zero-order chi connectivity index (χ0) is 14.6. The average Bonchev–Trinajstić information content (AvgIpc) is 2.13. The summed E-state index contributed by atoms with van der Waals surface area (Å²) >= 11 is 0. The van der Waals surface area contributed by atoms with Crippen molar-refractivity contribution in [3.63, 3.8) is 0 Å². The van der Waals surface area contributed by atoms with Gasteiger partial charge < -0.3 is 0 Å². The highest BCUT2D eigenvalue weighted by atomic mass is 32.2. The Hall–Kier alpha value is -0.510. The van der Waals surface area contributed by atoms with E-state index in [0.717, 1.165) is 0 Å². The highest BCUT2D eigenvalue weighted by Crippen LogP contribution is 2.33. The molecular weight excluding hydrogens is 290 g/mol. The maximum Gasteiger partial charge on any atom is 0.523 e. The second kappa shape index (κ2) is 6.09. The normalized spacial score (nSPS) is 15.7. The predicted molar refractivity (Wildman–Crippen MR) is 50.0 cm³/mol. The molecule has 0 saturated carbocycles. The van der Waals surface area contributed by atoms with Gasteiger partial charge in [-0.05, 0) is 6.42 Å². The lowest BCUT2D eigenvalue weighted by Gasteiger charge is -2.20. The van der Waals surface area contributed by atoms with Gasteiger partial charge in [0.15, 0.2) is 6.10 Å². The first-order valence-corrected chi connectivity index (χ1v) is 6.39. The fraction of sp³-hybridized carbons (Fsp3) is 1.00. The van der Waals surface area contributed by atoms with Crippen LogP contribution >= 0.6 is 0 Å². The highest BCUT2D eigenvalue weighted by molar-refractivity contribution is 7.87. The zero-order valence-electron chi connectivity index (χ0n) is 9.31. The lowest BCUT2D eigenvalue weighted by molar-refractivity contribution is -0.199. The smallest absolute Gasteiger partial charge is 0.250 e. The van der Waals surface area contributed by atoms with Gasteiger partial charge in [-0.1, -0.05) is 26.2 Å². The minimum Gasteiger partial charge on any atom is -0.250 e. The Morgan fingerprint density at radius 1 is 1.06 bits per heavy atom.